The Morgan fingerprint density at radius 3 is 2.71 bits per heavy atom. The molecule has 2 rings (SSSR count). The number of aryl methyl sites for hydroxylation is 1. The second kappa shape index (κ2) is 12.4. The number of ether oxygens (including phenoxy) is 2. The van der Waals surface area contributed by atoms with Crippen LogP contribution in [0.1, 0.15) is 18.1 Å². The molecule has 0 fully saturated rings. The molecule has 1 aromatic carbocycles. The van der Waals surface area contributed by atoms with Crippen LogP contribution in [0.4, 0.5) is 8.78 Å². The minimum atomic E-state index is -2.93. The number of aliphatic imine (C=N–C) groups is 1. The van der Waals surface area contributed by atoms with E-state index in [2.05, 4.69) is 25.5 Å². The van der Waals surface area contributed by atoms with E-state index in [-0.39, 0.29) is 42.0 Å². The van der Waals surface area contributed by atoms with E-state index >= 15 is 0 Å². The van der Waals surface area contributed by atoms with Crippen molar-refractivity contribution >= 4 is 29.9 Å². The van der Waals surface area contributed by atoms with Crippen molar-refractivity contribution in [2.45, 2.75) is 33.5 Å². The zero-order chi connectivity index (χ0) is 19.6. The van der Waals surface area contributed by atoms with E-state index in [0.29, 0.717) is 31.2 Å². The summed E-state index contributed by atoms with van der Waals surface area (Å²) >= 11 is 0. The second-order valence-corrected chi connectivity index (χ2v) is 5.69. The zero-order valence-corrected chi connectivity index (χ0v) is 18.4. The van der Waals surface area contributed by atoms with Crippen LogP contribution in [0.3, 0.4) is 0 Å². The third kappa shape index (κ3) is 7.49. The monoisotopic (exact) mass is 509 g/mol. The lowest BCUT2D eigenvalue weighted by Crippen LogP contribution is -2.38. The van der Waals surface area contributed by atoms with Gasteiger partial charge in [-0.1, -0.05) is 12.1 Å². The van der Waals surface area contributed by atoms with Crippen LogP contribution >= 0.6 is 24.0 Å². The van der Waals surface area contributed by atoms with Crippen LogP contribution in [0, 0.1) is 6.92 Å². The quantitative estimate of drug-likeness (QED) is 0.309. The fourth-order valence-electron chi connectivity index (χ4n) is 2.47. The van der Waals surface area contributed by atoms with E-state index in [9.17, 15) is 8.78 Å². The van der Waals surface area contributed by atoms with Crippen molar-refractivity contribution in [2.75, 3.05) is 20.2 Å². The van der Waals surface area contributed by atoms with Gasteiger partial charge in [0.2, 0.25) is 0 Å². The van der Waals surface area contributed by atoms with Gasteiger partial charge in [0, 0.05) is 31.9 Å². The number of rotatable bonds is 9. The molecule has 0 radical (unpaired) electrons. The van der Waals surface area contributed by atoms with Crippen LogP contribution in [-0.2, 0) is 13.1 Å². The van der Waals surface area contributed by atoms with E-state index < -0.39 is 6.61 Å². The molecule has 1 aromatic heterocycles. The predicted molar refractivity (Wildman–Crippen MR) is 115 cm³/mol. The first kappa shape index (κ1) is 23.9. The number of nitrogens with one attached hydrogen (secondary N) is 2. The van der Waals surface area contributed by atoms with Gasteiger partial charge in [-0.3, -0.25) is 9.67 Å². The Bertz CT molecular complexity index is 755. The molecule has 1 heterocycles. The number of halogens is 3. The molecule has 0 saturated carbocycles. The van der Waals surface area contributed by atoms with Gasteiger partial charge in [-0.15, -0.1) is 24.0 Å². The molecule has 2 aromatic rings. The number of benzene rings is 1. The summed E-state index contributed by atoms with van der Waals surface area (Å²) in [6, 6.07) is 5.04. The summed E-state index contributed by atoms with van der Waals surface area (Å²) in [5.74, 6) is 0.863. The molecule has 0 atom stereocenters. The largest absolute Gasteiger partial charge is 0.490 e. The Morgan fingerprint density at radius 2 is 2.11 bits per heavy atom. The maximum atomic E-state index is 12.8. The molecule has 0 saturated heterocycles. The molecule has 2 N–H and O–H groups in total. The van der Waals surface area contributed by atoms with Crippen LogP contribution in [0.5, 0.6) is 11.5 Å². The van der Waals surface area contributed by atoms with E-state index in [4.69, 9.17) is 4.74 Å². The first-order chi connectivity index (χ1) is 13.0. The SMILES string of the molecule is CCOc1cccc(CNC(=NC)NCCn2cc(C)cn2)c1OC(F)F.I. The normalized spacial score (nSPS) is 11.1. The third-order valence-corrected chi connectivity index (χ3v) is 3.63. The highest BCUT2D eigenvalue weighted by Crippen LogP contribution is 2.32. The molecule has 0 spiro atoms. The Labute approximate surface area is 180 Å². The minimum absolute atomic E-state index is 0. The molecule has 0 unspecified atom stereocenters. The standard InChI is InChI=1S/C18H25F2N5O2.HI/c1-4-26-15-7-5-6-14(16(15)27-17(19)20)11-23-18(21-3)22-8-9-25-12-13(2)10-24-25;/h5-7,10,12,17H,4,8-9,11H2,1-3H3,(H2,21,22,23);1H. The smallest absolute Gasteiger partial charge is 0.387 e. The highest BCUT2D eigenvalue weighted by molar-refractivity contribution is 14.0. The van der Waals surface area contributed by atoms with Gasteiger partial charge in [-0.05, 0) is 25.5 Å². The van der Waals surface area contributed by atoms with E-state index in [1.165, 1.54) is 0 Å². The molecule has 7 nitrogen and oxygen atoms in total. The van der Waals surface area contributed by atoms with Crippen LogP contribution in [0.25, 0.3) is 0 Å². The summed E-state index contributed by atoms with van der Waals surface area (Å²) in [6.45, 7) is 2.72. The average Bonchev–Trinajstić information content (AvgIpc) is 3.05. The van der Waals surface area contributed by atoms with Gasteiger partial charge >= 0.3 is 6.61 Å². The Hall–Kier alpha value is -2.11. The summed E-state index contributed by atoms with van der Waals surface area (Å²) in [7, 11) is 1.64. The summed E-state index contributed by atoms with van der Waals surface area (Å²) in [5, 5.41) is 10.5. The average molecular weight is 509 g/mol. The first-order valence-electron chi connectivity index (χ1n) is 8.66. The van der Waals surface area contributed by atoms with Crippen molar-refractivity contribution in [2.24, 2.45) is 4.99 Å². The van der Waals surface area contributed by atoms with Crippen LogP contribution in [0.2, 0.25) is 0 Å². The number of alkyl halides is 2. The van der Waals surface area contributed by atoms with Crippen molar-refractivity contribution in [3.05, 3.63) is 41.7 Å². The van der Waals surface area contributed by atoms with Crippen LogP contribution in [-0.4, -0.2) is 42.6 Å². The molecular formula is C18H26F2IN5O2. The van der Waals surface area contributed by atoms with Crippen molar-refractivity contribution in [3.63, 3.8) is 0 Å². The zero-order valence-electron chi connectivity index (χ0n) is 16.1. The van der Waals surface area contributed by atoms with Crippen molar-refractivity contribution in [3.8, 4) is 11.5 Å². The maximum Gasteiger partial charge on any atom is 0.387 e. The van der Waals surface area contributed by atoms with Gasteiger partial charge in [0.05, 0.1) is 19.3 Å². The molecule has 10 heteroatoms. The molecule has 0 aliphatic heterocycles. The number of nitrogens with zero attached hydrogens (tertiary/aromatic N) is 3. The van der Waals surface area contributed by atoms with E-state index in [1.54, 1.807) is 38.4 Å². The fraction of sp³-hybridized carbons (Fsp3) is 0.444. The summed E-state index contributed by atoms with van der Waals surface area (Å²) < 4.78 is 37.4. The van der Waals surface area contributed by atoms with Gasteiger partial charge in [0.25, 0.3) is 0 Å². The highest BCUT2D eigenvalue weighted by atomic mass is 127. The lowest BCUT2D eigenvalue weighted by atomic mass is 10.2. The van der Waals surface area contributed by atoms with E-state index in [0.717, 1.165) is 5.56 Å². The molecule has 28 heavy (non-hydrogen) atoms. The topological polar surface area (TPSA) is 72.7 Å². The van der Waals surface area contributed by atoms with Crippen LogP contribution < -0.4 is 20.1 Å². The minimum Gasteiger partial charge on any atom is -0.490 e. The fourth-order valence-corrected chi connectivity index (χ4v) is 2.47. The van der Waals surface area contributed by atoms with Gasteiger partial charge in [0.15, 0.2) is 17.5 Å². The highest BCUT2D eigenvalue weighted by Gasteiger charge is 2.16. The Balaban J connectivity index is 0.00000392. The summed E-state index contributed by atoms with van der Waals surface area (Å²) in [6.07, 6.45) is 3.74. The summed E-state index contributed by atoms with van der Waals surface area (Å²) in [4.78, 5) is 4.13. The number of hydrogen-bond acceptors (Lipinski definition) is 4. The van der Waals surface area contributed by atoms with Crippen molar-refractivity contribution in [1.82, 2.24) is 20.4 Å². The van der Waals surface area contributed by atoms with Crippen molar-refractivity contribution < 1.29 is 18.3 Å². The van der Waals surface area contributed by atoms with Gasteiger partial charge < -0.3 is 20.1 Å². The lowest BCUT2D eigenvalue weighted by Gasteiger charge is -2.17. The maximum absolute atomic E-state index is 12.8. The second-order valence-electron chi connectivity index (χ2n) is 5.69. The molecular weight excluding hydrogens is 483 g/mol. The van der Waals surface area contributed by atoms with Gasteiger partial charge in [-0.2, -0.15) is 13.9 Å². The number of para-hydroxylation sites is 1. The number of guanidine groups is 1. The lowest BCUT2D eigenvalue weighted by molar-refractivity contribution is -0.0520. The number of hydrogen-bond donors (Lipinski definition) is 2. The molecule has 0 amide bonds. The third-order valence-electron chi connectivity index (χ3n) is 3.63. The van der Waals surface area contributed by atoms with E-state index in [1.807, 2.05) is 17.8 Å². The Kier molecular flexibility index (Phi) is 10.6. The van der Waals surface area contributed by atoms with Gasteiger partial charge in [-0.25, -0.2) is 0 Å². The van der Waals surface area contributed by atoms with Crippen LogP contribution in [0.15, 0.2) is 35.6 Å². The van der Waals surface area contributed by atoms with Crippen molar-refractivity contribution in [1.29, 1.82) is 0 Å². The Morgan fingerprint density at radius 1 is 1.32 bits per heavy atom. The predicted octanol–water partition coefficient (Wildman–Crippen LogP) is 3.17. The molecule has 0 aliphatic rings. The molecule has 156 valence electrons. The first-order valence-corrected chi connectivity index (χ1v) is 8.66. The van der Waals surface area contributed by atoms with Gasteiger partial charge in [0.1, 0.15) is 0 Å². The summed E-state index contributed by atoms with van der Waals surface area (Å²) in [5.41, 5.74) is 1.64. The molecule has 0 bridgehead atoms. The number of aromatic nitrogens is 2. The molecule has 0 aliphatic carbocycles.